The normalized spacial score (nSPS) is 13.3. The van der Waals surface area contributed by atoms with Crippen molar-refractivity contribution in [1.82, 2.24) is 0 Å². The molecule has 0 atom stereocenters. The molecule has 0 spiro atoms. The lowest BCUT2D eigenvalue weighted by Gasteiger charge is -2.16. The number of nitriles is 1. The minimum atomic E-state index is 0.118. The quantitative estimate of drug-likeness (QED) is 0.592. The third-order valence-corrected chi connectivity index (χ3v) is 3.21. The highest BCUT2D eigenvalue weighted by molar-refractivity contribution is 8.03. The van der Waals surface area contributed by atoms with E-state index in [9.17, 15) is 4.79 Å². The van der Waals surface area contributed by atoms with Crippen molar-refractivity contribution in [3.63, 3.8) is 0 Å². The van der Waals surface area contributed by atoms with Gasteiger partial charge in [0.15, 0.2) is 0 Å². The number of rotatable bonds is 3. The van der Waals surface area contributed by atoms with E-state index in [2.05, 4.69) is 6.07 Å². The SMILES string of the molecule is N#CSCCC(=O)N1CCc2ccccc21. The first-order chi connectivity index (χ1) is 7.83. The van der Waals surface area contributed by atoms with Gasteiger partial charge in [0.1, 0.15) is 5.40 Å². The van der Waals surface area contributed by atoms with Gasteiger partial charge in [-0.15, -0.1) is 0 Å². The number of nitrogens with zero attached hydrogens (tertiary/aromatic N) is 2. The number of hydrogen-bond donors (Lipinski definition) is 0. The van der Waals surface area contributed by atoms with Gasteiger partial charge in [0, 0.05) is 24.4 Å². The fraction of sp³-hybridized carbons (Fsp3) is 0.333. The minimum absolute atomic E-state index is 0.118. The molecule has 16 heavy (non-hydrogen) atoms. The van der Waals surface area contributed by atoms with Gasteiger partial charge >= 0.3 is 0 Å². The fourth-order valence-corrected chi connectivity index (χ4v) is 2.28. The molecule has 0 bridgehead atoms. The van der Waals surface area contributed by atoms with Crippen LogP contribution in [0.15, 0.2) is 24.3 Å². The average molecular weight is 232 g/mol. The van der Waals surface area contributed by atoms with E-state index in [1.54, 1.807) is 0 Å². The van der Waals surface area contributed by atoms with Gasteiger partial charge in [0.25, 0.3) is 0 Å². The maximum Gasteiger partial charge on any atom is 0.227 e. The van der Waals surface area contributed by atoms with Crippen LogP contribution in [0.1, 0.15) is 12.0 Å². The van der Waals surface area contributed by atoms with Crippen LogP contribution in [0.4, 0.5) is 5.69 Å². The summed E-state index contributed by atoms with van der Waals surface area (Å²) < 4.78 is 0. The lowest BCUT2D eigenvalue weighted by molar-refractivity contribution is -0.118. The molecule has 1 aliphatic rings. The van der Waals surface area contributed by atoms with Crippen LogP contribution in [0.2, 0.25) is 0 Å². The second-order valence-electron chi connectivity index (χ2n) is 3.61. The molecule has 4 heteroatoms. The van der Waals surface area contributed by atoms with Crippen LogP contribution in [0, 0.1) is 10.7 Å². The van der Waals surface area contributed by atoms with Crippen LogP contribution in [0.5, 0.6) is 0 Å². The van der Waals surface area contributed by atoms with Crippen molar-refractivity contribution >= 4 is 23.4 Å². The highest BCUT2D eigenvalue weighted by atomic mass is 32.2. The highest BCUT2D eigenvalue weighted by Gasteiger charge is 2.23. The molecule has 1 amide bonds. The van der Waals surface area contributed by atoms with Gasteiger partial charge < -0.3 is 4.90 Å². The van der Waals surface area contributed by atoms with Gasteiger partial charge in [-0.25, -0.2) is 0 Å². The van der Waals surface area contributed by atoms with Crippen molar-refractivity contribution in [1.29, 1.82) is 5.26 Å². The molecule has 3 nitrogen and oxygen atoms in total. The lowest BCUT2D eigenvalue weighted by Crippen LogP contribution is -2.28. The van der Waals surface area contributed by atoms with Crippen molar-refractivity contribution in [3.8, 4) is 5.40 Å². The number of benzene rings is 1. The van der Waals surface area contributed by atoms with E-state index in [-0.39, 0.29) is 5.91 Å². The van der Waals surface area contributed by atoms with E-state index in [0.29, 0.717) is 12.2 Å². The van der Waals surface area contributed by atoms with Gasteiger partial charge in [-0.1, -0.05) is 18.2 Å². The van der Waals surface area contributed by atoms with Crippen LogP contribution < -0.4 is 4.90 Å². The maximum atomic E-state index is 11.9. The summed E-state index contributed by atoms with van der Waals surface area (Å²) in [5, 5.41) is 10.4. The van der Waals surface area contributed by atoms with Crippen molar-refractivity contribution in [2.75, 3.05) is 17.2 Å². The molecule has 0 radical (unpaired) electrons. The van der Waals surface area contributed by atoms with E-state index < -0.39 is 0 Å². The summed E-state index contributed by atoms with van der Waals surface area (Å²) in [6.45, 7) is 0.773. The maximum absolute atomic E-state index is 11.9. The van der Waals surface area contributed by atoms with Crippen LogP contribution in [-0.2, 0) is 11.2 Å². The van der Waals surface area contributed by atoms with Crippen LogP contribution in [-0.4, -0.2) is 18.2 Å². The van der Waals surface area contributed by atoms with Crippen molar-refractivity contribution in [2.45, 2.75) is 12.8 Å². The Bertz CT molecular complexity index is 439. The summed E-state index contributed by atoms with van der Waals surface area (Å²) in [5.74, 6) is 0.696. The number of thioether (sulfide) groups is 1. The largest absolute Gasteiger partial charge is 0.312 e. The summed E-state index contributed by atoms with van der Waals surface area (Å²) in [6.07, 6.45) is 1.37. The second-order valence-corrected chi connectivity index (χ2v) is 4.49. The van der Waals surface area contributed by atoms with E-state index in [4.69, 9.17) is 5.26 Å². The standard InChI is InChI=1S/C12H12N2OS/c13-9-16-8-6-12(15)14-7-5-10-3-1-2-4-11(10)14/h1-4H,5-8H2. The van der Waals surface area contributed by atoms with E-state index in [1.807, 2.05) is 28.5 Å². The topological polar surface area (TPSA) is 44.1 Å². The van der Waals surface area contributed by atoms with Gasteiger partial charge in [-0.2, -0.15) is 5.26 Å². The first kappa shape index (κ1) is 11.0. The van der Waals surface area contributed by atoms with Gasteiger partial charge in [0.05, 0.1) is 0 Å². The predicted molar refractivity (Wildman–Crippen MR) is 65.2 cm³/mol. The Hall–Kier alpha value is -1.47. The van der Waals surface area contributed by atoms with E-state index in [0.717, 1.165) is 30.4 Å². The van der Waals surface area contributed by atoms with Crippen molar-refractivity contribution in [2.24, 2.45) is 0 Å². The third-order valence-electron chi connectivity index (χ3n) is 2.67. The minimum Gasteiger partial charge on any atom is -0.312 e. The Kier molecular flexibility index (Phi) is 3.47. The summed E-state index contributed by atoms with van der Waals surface area (Å²) >= 11 is 1.13. The number of carbonyl (C=O) groups is 1. The zero-order chi connectivity index (χ0) is 11.4. The number of thiocyanates is 1. The van der Waals surface area contributed by atoms with Crippen molar-refractivity contribution < 1.29 is 4.79 Å². The van der Waals surface area contributed by atoms with Gasteiger partial charge in [-0.3, -0.25) is 4.79 Å². The molecule has 1 aliphatic heterocycles. The molecule has 0 unspecified atom stereocenters. The molecule has 1 aromatic carbocycles. The first-order valence-corrected chi connectivity index (χ1v) is 6.20. The van der Waals surface area contributed by atoms with Crippen LogP contribution in [0.3, 0.4) is 0 Å². The summed E-state index contributed by atoms with van der Waals surface area (Å²) in [6, 6.07) is 8.00. The Labute approximate surface area is 99.1 Å². The monoisotopic (exact) mass is 232 g/mol. The average Bonchev–Trinajstić information content (AvgIpc) is 2.73. The molecule has 0 N–H and O–H groups in total. The Balaban J connectivity index is 2.02. The van der Waals surface area contributed by atoms with E-state index >= 15 is 0 Å². The molecule has 0 aliphatic carbocycles. The molecule has 0 saturated heterocycles. The number of anilines is 1. The van der Waals surface area contributed by atoms with Crippen LogP contribution >= 0.6 is 11.8 Å². The van der Waals surface area contributed by atoms with Gasteiger partial charge in [0.2, 0.25) is 5.91 Å². The second kappa shape index (κ2) is 5.04. The predicted octanol–water partition coefficient (Wildman–Crippen LogP) is 2.18. The molecule has 82 valence electrons. The Morgan fingerprint density at radius 3 is 3.12 bits per heavy atom. The van der Waals surface area contributed by atoms with Gasteiger partial charge in [-0.05, 0) is 29.8 Å². The lowest BCUT2D eigenvalue weighted by atomic mass is 10.2. The Morgan fingerprint density at radius 1 is 1.50 bits per heavy atom. The zero-order valence-electron chi connectivity index (χ0n) is 8.85. The first-order valence-electron chi connectivity index (χ1n) is 5.22. The molecule has 0 fully saturated rings. The fourth-order valence-electron chi connectivity index (χ4n) is 1.92. The third kappa shape index (κ3) is 2.20. The smallest absolute Gasteiger partial charge is 0.227 e. The zero-order valence-corrected chi connectivity index (χ0v) is 9.67. The summed E-state index contributed by atoms with van der Waals surface area (Å²) in [5.41, 5.74) is 2.28. The molecular formula is C12H12N2OS. The number of para-hydroxylation sites is 1. The number of fused-ring (bicyclic) bond motifs is 1. The van der Waals surface area contributed by atoms with E-state index in [1.165, 1.54) is 5.56 Å². The molecule has 0 saturated carbocycles. The summed E-state index contributed by atoms with van der Waals surface area (Å²) in [7, 11) is 0. The Morgan fingerprint density at radius 2 is 2.31 bits per heavy atom. The molecule has 2 rings (SSSR count). The highest BCUT2D eigenvalue weighted by Crippen LogP contribution is 2.27. The molecular weight excluding hydrogens is 220 g/mol. The summed E-state index contributed by atoms with van der Waals surface area (Å²) in [4.78, 5) is 13.7. The molecule has 1 aromatic rings. The van der Waals surface area contributed by atoms with Crippen LogP contribution in [0.25, 0.3) is 0 Å². The molecule has 0 aromatic heterocycles. The molecule has 1 heterocycles. The number of amides is 1. The number of carbonyl (C=O) groups excluding carboxylic acids is 1. The van der Waals surface area contributed by atoms with Crippen molar-refractivity contribution in [3.05, 3.63) is 29.8 Å². The number of hydrogen-bond acceptors (Lipinski definition) is 3.